The molecule has 0 N–H and O–H groups in total. The minimum absolute atomic E-state index is 0.00594. The van der Waals surface area contributed by atoms with Crippen molar-refractivity contribution in [2.75, 3.05) is 13.2 Å². The van der Waals surface area contributed by atoms with Gasteiger partial charge < -0.3 is 9.05 Å². The van der Waals surface area contributed by atoms with Crippen LogP contribution in [0.4, 0.5) is 0 Å². The summed E-state index contributed by atoms with van der Waals surface area (Å²) in [5.74, 6) is -0.816. The molecule has 7 heteroatoms. The lowest BCUT2D eigenvalue weighted by atomic mass is 9.89. The van der Waals surface area contributed by atoms with Crippen LogP contribution in [0.3, 0.4) is 0 Å². The van der Waals surface area contributed by atoms with Crippen molar-refractivity contribution in [3.63, 3.8) is 0 Å². The van der Waals surface area contributed by atoms with Crippen molar-refractivity contribution in [1.29, 1.82) is 5.26 Å². The molecule has 0 aliphatic heterocycles. The smallest absolute Gasteiger partial charge is 0.308 e. The lowest BCUT2D eigenvalue weighted by Crippen LogP contribution is -2.23. The summed E-state index contributed by atoms with van der Waals surface area (Å²) in [5, 5.41) is 10.4. The molecule has 2 atom stereocenters. The minimum atomic E-state index is -3.74. The van der Waals surface area contributed by atoms with Crippen LogP contribution in [0.1, 0.15) is 42.1 Å². The molecule has 2 rings (SSSR count). The summed E-state index contributed by atoms with van der Waals surface area (Å²) in [6.07, 6.45) is -0.00594. The Hall–Kier alpha value is -1.96. The van der Waals surface area contributed by atoms with E-state index in [0.717, 1.165) is 5.56 Å². The van der Waals surface area contributed by atoms with Crippen LogP contribution in [-0.2, 0) is 13.6 Å². The van der Waals surface area contributed by atoms with Crippen molar-refractivity contribution >= 4 is 25.0 Å². The van der Waals surface area contributed by atoms with Crippen molar-refractivity contribution in [3.8, 4) is 6.07 Å². The monoisotopic (exact) mass is 419 g/mol. The zero-order valence-electron chi connectivity index (χ0n) is 15.9. The Balaban J connectivity index is 2.43. The van der Waals surface area contributed by atoms with Crippen molar-refractivity contribution in [2.45, 2.75) is 31.8 Å². The number of carbonyl (C=O) groups is 1. The molecule has 0 aromatic heterocycles. The van der Waals surface area contributed by atoms with Gasteiger partial charge in [0.05, 0.1) is 19.3 Å². The average Bonchev–Trinajstić information content (AvgIpc) is 2.69. The molecule has 2 aromatic rings. The largest absolute Gasteiger partial charge is 0.348 e. The lowest BCUT2D eigenvalue weighted by molar-refractivity contribution is 0.0973. The van der Waals surface area contributed by atoms with Gasteiger partial charge in [0.15, 0.2) is 11.4 Å². The quantitative estimate of drug-likeness (QED) is 0.356. The van der Waals surface area contributed by atoms with Crippen molar-refractivity contribution in [1.82, 2.24) is 0 Å². The molecule has 0 fully saturated rings. The Bertz CT molecular complexity index is 854. The fourth-order valence-electron chi connectivity index (χ4n) is 3.00. The van der Waals surface area contributed by atoms with E-state index >= 15 is 0 Å². The second-order valence-electron chi connectivity index (χ2n) is 6.10. The predicted octanol–water partition coefficient (Wildman–Crippen LogP) is 5.85. The Morgan fingerprint density at radius 2 is 1.64 bits per heavy atom. The summed E-state index contributed by atoms with van der Waals surface area (Å²) in [7, 11) is -3.74. The van der Waals surface area contributed by atoms with Gasteiger partial charge in [-0.25, -0.2) is 0 Å². The maximum Gasteiger partial charge on any atom is 0.348 e. The molecule has 0 aliphatic carbocycles. The molecule has 0 bridgehead atoms. The van der Waals surface area contributed by atoms with Crippen LogP contribution in [0.5, 0.6) is 0 Å². The first kappa shape index (κ1) is 22.3. The molecule has 2 unspecified atom stereocenters. The van der Waals surface area contributed by atoms with Gasteiger partial charge in [-0.2, -0.15) is 5.26 Å². The van der Waals surface area contributed by atoms with Gasteiger partial charge in [-0.1, -0.05) is 41.9 Å². The predicted molar refractivity (Wildman–Crippen MR) is 110 cm³/mol. The molecule has 0 aliphatic rings. The molecular weight excluding hydrogens is 397 g/mol. The molecular formula is C21H23ClNO4P. The van der Waals surface area contributed by atoms with E-state index in [1.165, 1.54) is 0 Å². The summed E-state index contributed by atoms with van der Waals surface area (Å²) < 4.78 is 24.1. The minimum Gasteiger partial charge on any atom is -0.308 e. The van der Waals surface area contributed by atoms with Gasteiger partial charge in [-0.15, -0.1) is 0 Å². The molecule has 2 aromatic carbocycles. The normalized spacial score (nSPS) is 13.5. The van der Waals surface area contributed by atoms with E-state index < -0.39 is 19.2 Å². The Morgan fingerprint density at radius 1 is 1.07 bits per heavy atom. The molecule has 0 saturated carbocycles. The maximum atomic E-state index is 13.3. The van der Waals surface area contributed by atoms with Crippen LogP contribution >= 0.6 is 19.2 Å². The van der Waals surface area contributed by atoms with Crippen LogP contribution in [0.2, 0.25) is 5.02 Å². The van der Waals surface area contributed by atoms with Crippen LogP contribution < -0.4 is 0 Å². The fourth-order valence-corrected chi connectivity index (χ4v) is 5.11. The fraction of sp³-hybridized carbons (Fsp3) is 0.333. The van der Waals surface area contributed by atoms with Gasteiger partial charge in [0.25, 0.3) is 0 Å². The zero-order valence-corrected chi connectivity index (χ0v) is 17.5. The number of rotatable bonds is 10. The van der Waals surface area contributed by atoms with E-state index in [2.05, 4.69) is 6.07 Å². The van der Waals surface area contributed by atoms with Crippen LogP contribution in [0.25, 0.3) is 0 Å². The number of hydrogen-bond acceptors (Lipinski definition) is 5. The lowest BCUT2D eigenvalue weighted by Gasteiger charge is -2.28. The highest BCUT2D eigenvalue weighted by atomic mass is 35.5. The number of halogens is 1. The number of benzene rings is 2. The average molecular weight is 420 g/mol. The van der Waals surface area contributed by atoms with E-state index in [0.29, 0.717) is 10.6 Å². The van der Waals surface area contributed by atoms with E-state index in [-0.39, 0.29) is 25.4 Å². The molecule has 5 nitrogen and oxygen atoms in total. The summed E-state index contributed by atoms with van der Waals surface area (Å²) in [5.41, 5.74) is 0.103. The maximum absolute atomic E-state index is 13.3. The van der Waals surface area contributed by atoms with Gasteiger partial charge in [-0.05, 0) is 43.7 Å². The van der Waals surface area contributed by atoms with Gasteiger partial charge in [-0.3, -0.25) is 9.36 Å². The van der Waals surface area contributed by atoms with Crippen LogP contribution in [0.15, 0.2) is 54.6 Å². The van der Waals surface area contributed by atoms with E-state index in [1.807, 2.05) is 30.3 Å². The molecule has 148 valence electrons. The van der Waals surface area contributed by atoms with Crippen molar-refractivity contribution in [3.05, 3.63) is 70.7 Å². The summed E-state index contributed by atoms with van der Waals surface area (Å²) >= 11 is 5.90. The highest BCUT2D eigenvalue weighted by Gasteiger charge is 2.43. The third-order valence-electron chi connectivity index (χ3n) is 4.27. The second kappa shape index (κ2) is 10.5. The van der Waals surface area contributed by atoms with Gasteiger partial charge in [0.2, 0.25) is 0 Å². The summed E-state index contributed by atoms with van der Waals surface area (Å²) in [4.78, 5) is 12.9. The van der Waals surface area contributed by atoms with E-state index in [1.54, 1.807) is 38.1 Å². The van der Waals surface area contributed by atoms with Crippen molar-refractivity contribution in [2.24, 2.45) is 0 Å². The Labute approximate surface area is 170 Å². The number of carbonyl (C=O) groups excluding carboxylic acids is 1. The van der Waals surface area contributed by atoms with E-state index in [4.69, 9.17) is 20.6 Å². The molecule has 0 spiro atoms. The van der Waals surface area contributed by atoms with Crippen molar-refractivity contribution < 1.29 is 18.4 Å². The number of ketones is 1. The number of nitrogens with zero attached hydrogens (tertiary/aromatic N) is 1. The number of hydrogen-bond donors (Lipinski definition) is 0. The first-order chi connectivity index (χ1) is 13.4. The zero-order chi connectivity index (χ0) is 20.6. The third-order valence-corrected chi connectivity index (χ3v) is 6.92. The standard InChI is InChI=1S/C21H23ClNO4P/c1-3-26-28(25,27-4-2)21(15-23)19(16-8-6-5-7-9-16)14-20(24)17-10-12-18(22)13-11-17/h5-13,19,21H,3-4,14H2,1-2H3. The second-order valence-corrected chi connectivity index (χ2v) is 8.69. The summed E-state index contributed by atoms with van der Waals surface area (Å²) in [6, 6.07) is 17.7. The highest BCUT2D eigenvalue weighted by Crippen LogP contribution is 2.57. The Morgan fingerprint density at radius 3 is 2.14 bits per heavy atom. The molecule has 28 heavy (non-hydrogen) atoms. The molecule has 0 saturated heterocycles. The summed E-state index contributed by atoms with van der Waals surface area (Å²) in [6.45, 7) is 3.66. The number of nitriles is 1. The third kappa shape index (κ3) is 5.53. The molecule has 0 heterocycles. The van der Waals surface area contributed by atoms with Gasteiger partial charge in [0, 0.05) is 22.9 Å². The number of Topliss-reactive ketones (excluding diaryl/α,β-unsaturated/α-hetero) is 1. The first-order valence-corrected chi connectivity index (χ1v) is 11.1. The SMILES string of the molecule is CCOP(=O)(OCC)C(C#N)C(CC(=O)c1ccc(Cl)cc1)c1ccccc1. The van der Waals surface area contributed by atoms with E-state index in [9.17, 15) is 14.6 Å². The van der Waals surface area contributed by atoms with Crippen LogP contribution in [0, 0.1) is 11.3 Å². The highest BCUT2D eigenvalue weighted by molar-refractivity contribution is 7.55. The Kier molecular flexibility index (Phi) is 8.41. The molecule has 0 radical (unpaired) electrons. The topological polar surface area (TPSA) is 76.4 Å². The van der Waals surface area contributed by atoms with Gasteiger partial charge in [0.1, 0.15) is 0 Å². The first-order valence-electron chi connectivity index (χ1n) is 9.07. The molecule has 0 amide bonds. The van der Waals surface area contributed by atoms with Crippen LogP contribution in [-0.4, -0.2) is 24.7 Å². The van der Waals surface area contributed by atoms with Gasteiger partial charge >= 0.3 is 7.60 Å².